The molecule has 23 heavy (non-hydrogen) atoms. The van der Waals surface area contributed by atoms with Crippen LogP contribution in [0.4, 0.5) is 5.82 Å². The van der Waals surface area contributed by atoms with E-state index in [1.807, 2.05) is 13.0 Å². The highest BCUT2D eigenvalue weighted by Crippen LogP contribution is 2.34. The topological polar surface area (TPSA) is 101 Å². The minimum Gasteiger partial charge on any atom is -0.363 e. The van der Waals surface area contributed by atoms with Crippen LogP contribution < -0.4 is 5.32 Å². The molecule has 0 aromatic carbocycles. The Hall–Kier alpha value is -2.00. The molecule has 1 N–H and O–H groups in total. The summed E-state index contributed by atoms with van der Waals surface area (Å²) >= 11 is 0. The Morgan fingerprint density at radius 3 is 2.70 bits per heavy atom. The Kier molecular flexibility index (Phi) is 4.07. The molecule has 1 aliphatic heterocycles. The number of sulfonamides is 1. The van der Waals surface area contributed by atoms with E-state index in [0.29, 0.717) is 36.2 Å². The summed E-state index contributed by atoms with van der Waals surface area (Å²) in [5.41, 5.74) is 1.53. The van der Waals surface area contributed by atoms with Crippen molar-refractivity contribution in [2.24, 2.45) is 0 Å². The summed E-state index contributed by atoms with van der Waals surface area (Å²) < 4.78 is 30.1. The molecule has 2 aromatic rings. The van der Waals surface area contributed by atoms with Gasteiger partial charge in [-0.15, -0.1) is 0 Å². The third-order valence-corrected chi connectivity index (χ3v) is 5.01. The van der Waals surface area contributed by atoms with E-state index in [1.165, 1.54) is 10.6 Å². The quantitative estimate of drug-likeness (QED) is 0.880. The largest absolute Gasteiger partial charge is 0.363 e. The Morgan fingerprint density at radius 1 is 1.35 bits per heavy atom. The predicted octanol–water partition coefficient (Wildman–Crippen LogP) is 1.40. The SMILES string of the molecule is Cc1cc(CNc2cc([C@@H]3CCN3S(C)(=O)=O)nc(C)n2)on1. The van der Waals surface area contributed by atoms with Crippen LogP contribution in [0.3, 0.4) is 0 Å². The van der Waals surface area contributed by atoms with Crippen molar-refractivity contribution in [3.8, 4) is 0 Å². The summed E-state index contributed by atoms with van der Waals surface area (Å²) in [5.74, 6) is 1.95. The van der Waals surface area contributed by atoms with Gasteiger partial charge < -0.3 is 9.84 Å². The van der Waals surface area contributed by atoms with Crippen molar-refractivity contribution in [2.75, 3.05) is 18.1 Å². The van der Waals surface area contributed by atoms with Crippen molar-refractivity contribution in [2.45, 2.75) is 32.9 Å². The molecule has 0 unspecified atom stereocenters. The monoisotopic (exact) mass is 337 g/mol. The van der Waals surface area contributed by atoms with Crippen LogP contribution in [0.15, 0.2) is 16.7 Å². The second kappa shape index (κ2) is 5.89. The Morgan fingerprint density at radius 2 is 2.13 bits per heavy atom. The number of aromatic nitrogens is 3. The first kappa shape index (κ1) is 15.9. The lowest BCUT2D eigenvalue weighted by atomic mass is 10.0. The lowest BCUT2D eigenvalue weighted by Gasteiger charge is -2.38. The molecule has 8 nitrogen and oxygen atoms in total. The van der Waals surface area contributed by atoms with E-state index in [4.69, 9.17) is 4.52 Å². The van der Waals surface area contributed by atoms with Gasteiger partial charge in [-0.05, 0) is 20.3 Å². The molecule has 0 bridgehead atoms. The molecule has 9 heteroatoms. The summed E-state index contributed by atoms with van der Waals surface area (Å²) in [6.45, 7) is 4.64. The highest BCUT2D eigenvalue weighted by atomic mass is 32.2. The van der Waals surface area contributed by atoms with Crippen molar-refractivity contribution < 1.29 is 12.9 Å². The molecule has 3 heterocycles. The van der Waals surface area contributed by atoms with Gasteiger partial charge in [0.2, 0.25) is 10.0 Å². The smallest absolute Gasteiger partial charge is 0.211 e. The molecule has 1 saturated heterocycles. The van der Waals surface area contributed by atoms with Crippen LogP contribution in [0.25, 0.3) is 0 Å². The maximum Gasteiger partial charge on any atom is 0.211 e. The first-order chi connectivity index (χ1) is 10.8. The van der Waals surface area contributed by atoms with Crippen molar-refractivity contribution >= 4 is 15.8 Å². The van der Waals surface area contributed by atoms with Crippen LogP contribution >= 0.6 is 0 Å². The molecule has 0 radical (unpaired) electrons. The average molecular weight is 337 g/mol. The molecule has 0 saturated carbocycles. The van der Waals surface area contributed by atoms with Gasteiger partial charge in [-0.25, -0.2) is 18.4 Å². The fourth-order valence-electron chi connectivity index (χ4n) is 2.59. The van der Waals surface area contributed by atoms with Crippen LogP contribution in [0.1, 0.15) is 35.4 Å². The van der Waals surface area contributed by atoms with E-state index in [-0.39, 0.29) is 6.04 Å². The van der Waals surface area contributed by atoms with Crippen molar-refractivity contribution in [3.05, 3.63) is 35.1 Å². The molecule has 3 rings (SSSR count). The number of nitrogens with one attached hydrogen (secondary N) is 1. The van der Waals surface area contributed by atoms with Gasteiger partial charge in [-0.1, -0.05) is 5.16 Å². The van der Waals surface area contributed by atoms with Crippen molar-refractivity contribution in [1.82, 2.24) is 19.4 Å². The predicted molar refractivity (Wildman–Crippen MR) is 84.2 cm³/mol. The van der Waals surface area contributed by atoms with E-state index in [0.717, 1.165) is 12.1 Å². The molecule has 0 spiro atoms. The molecular formula is C14H19N5O3S. The minimum absolute atomic E-state index is 0.209. The highest BCUT2D eigenvalue weighted by molar-refractivity contribution is 7.88. The Balaban J connectivity index is 1.77. The summed E-state index contributed by atoms with van der Waals surface area (Å²) in [6, 6.07) is 3.43. The zero-order valence-corrected chi connectivity index (χ0v) is 14.1. The number of aryl methyl sites for hydroxylation is 2. The zero-order chi connectivity index (χ0) is 16.6. The Labute approximate surface area is 135 Å². The maximum absolute atomic E-state index is 11.7. The maximum atomic E-state index is 11.7. The molecular weight excluding hydrogens is 318 g/mol. The number of rotatable bonds is 5. The third-order valence-electron chi connectivity index (χ3n) is 3.72. The number of nitrogens with zero attached hydrogens (tertiary/aromatic N) is 4. The first-order valence-electron chi connectivity index (χ1n) is 7.31. The zero-order valence-electron chi connectivity index (χ0n) is 13.3. The van der Waals surface area contributed by atoms with Crippen LogP contribution in [-0.2, 0) is 16.6 Å². The van der Waals surface area contributed by atoms with E-state index >= 15 is 0 Å². The minimum atomic E-state index is -3.21. The fraction of sp³-hybridized carbons (Fsp3) is 0.500. The Bertz CT molecular complexity index is 818. The van der Waals surface area contributed by atoms with Crippen LogP contribution in [0, 0.1) is 13.8 Å². The fourth-order valence-corrected chi connectivity index (χ4v) is 3.70. The molecule has 0 amide bonds. The molecule has 1 atom stereocenters. The summed E-state index contributed by atoms with van der Waals surface area (Å²) in [4.78, 5) is 8.72. The normalized spacial score (nSPS) is 18.7. The van der Waals surface area contributed by atoms with Gasteiger partial charge in [0.25, 0.3) is 0 Å². The van der Waals surface area contributed by atoms with E-state index in [9.17, 15) is 8.42 Å². The van der Waals surface area contributed by atoms with Gasteiger partial charge >= 0.3 is 0 Å². The third kappa shape index (κ3) is 3.50. The van der Waals surface area contributed by atoms with Gasteiger partial charge in [0.05, 0.1) is 30.2 Å². The summed E-state index contributed by atoms with van der Waals surface area (Å²) in [5, 5.41) is 6.99. The lowest BCUT2D eigenvalue weighted by Crippen LogP contribution is -2.44. The first-order valence-corrected chi connectivity index (χ1v) is 9.16. The average Bonchev–Trinajstić information content (AvgIpc) is 2.78. The molecule has 124 valence electrons. The summed E-state index contributed by atoms with van der Waals surface area (Å²) in [6.07, 6.45) is 1.99. The molecule has 0 aliphatic carbocycles. The van der Waals surface area contributed by atoms with Gasteiger partial charge in [0.1, 0.15) is 11.6 Å². The number of hydrogen-bond donors (Lipinski definition) is 1. The molecule has 1 fully saturated rings. The number of anilines is 1. The standard InChI is InChI=1S/C14H19N5O3S/c1-9-6-11(22-18-9)8-15-14-7-12(16-10(2)17-14)13-4-5-19(13)23(3,20)21/h6-7,13H,4-5,8H2,1-3H3,(H,15,16,17)/t13-/m0/s1. The lowest BCUT2D eigenvalue weighted by molar-refractivity contribution is 0.199. The van der Waals surface area contributed by atoms with Gasteiger partial charge in [0.15, 0.2) is 5.76 Å². The number of hydrogen-bond acceptors (Lipinski definition) is 7. The van der Waals surface area contributed by atoms with E-state index < -0.39 is 10.0 Å². The second-order valence-electron chi connectivity index (χ2n) is 5.69. The molecule has 1 aliphatic rings. The van der Waals surface area contributed by atoms with Gasteiger partial charge in [0, 0.05) is 18.7 Å². The highest BCUT2D eigenvalue weighted by Gasteiger charge is 2.37. The van der Waals surface area contributed by atoms with Crippen LogP contribution in [-0.4, -0.2) is 40.6 Å². The summed E-state index contributed by atoms with van der Waals surface area (Å²) in [7, 11) is -3.21. The van der Waals surface area contributed by atoms with Crippen molar-refractivity contribution in [3.63, 3.8) is 0 Å². The molecule has 2 aromatic heterocycles. The van der Waals surface area contributed by atoms with Gasteiger partial charge in [-0.3, -0.25) is 0 Å². The van der Waals surface area contributed by atoms with E-state index in [2.05, 4.69) is 20.4 Å². The second-order valence-corrected chi connectivity index (χ2v) is 7.63. The van der Waals surface area contributed by atoms with Gasteiger partial charge in [-0.2, -0.15) is 4.31 Å². The van der Waals surface area contributed by atoms with E-state index in [1.54, 1.807) is 13.0 Å². The van der Waals surface area contributed by atoms with Crippen LogP contribution in [0.5, 0.6) is 0 Å². The van der Waals surface area contributed by atoms with Crippen molar-refractivity contribution in [1.29, 1.82) is 0 Å². The van der Waals surface area contributed by atoms with Crippen LogP contribution in [0.2, 0.25) is 0 Å².